The Labute approximate surface area is 255 Å². The largest absolute Gasteiger partial charge is 0.462 e. The van der Waals surface area contributed by atoms with Gasteiger partial charge in [0, 0.05) is 25.7 Å². The van der Waals surface area contributed by atoms with Crippen LogP contribution in [0.4, 0.5) is 0 Å². The van der Waals surface area contributed by atoms with E-state index in [1.807, 2.05) is 12.2 Å². The molecule has 0 amide bonds. The third-order valence-electron chi connectivity index (χ3n) is 9.55. The number of fused-ring (bicyclic) bond motifs is 2. The number of carbonyl (C=O) groups excluding carboxylic acids is 1. The van der Waals surface area contributed by atoms with Crippen molar-refractivity contribution < 1.29 is 38.8 Å². The number of rotatable bonds is 1. The number of esters is 1. The van der Waals surface area contributed by atoms with Crippen LogP contribution in [0.15, 0.2) is 52.3 Å². The van der Waals surface area contributed by atoms with Crippen molar-refractivity contribution in [1.82, 2.24) is 0 Å². The summed E-state index contributed by atoms with van der Waals surface area (Å²) in [6.07, 6.45) is 10.1. The van der Waals surface area contributed by atoms with Crippen molar-refractivity contribution in [1.29, 1.82) is 0 Å². The third-order valence-corrected chi connectivity index (χ3v) is 9.55. The predicted molar refractivity (Wildman–Crippen MR) is 162 cm³/mol. The van der Waals surface area contributed by atoms with E-state index in [-0.39, 0.29) is 30.1 Å². The van der Waals surface area contributed by atoms with Crippen molar-refractivity contribution in [3.63, 3.8) is 0 Å². The Morgan fingerprint density at radius 1 is 1.14 bits per heavy atom. The molecule has 0 saturated carbocycles. The zero-order chi connectivity index (χ0) is 31.2. The molecule has 2 bridgehead atoms. The van der Waals surface area contributed by atoms with E-state index in [0.29, 0.717) is 43.3 Å². The summed E-state index contributed by atoms with van der Waals surface area (Å²) >= 11 is 0. The van der Waals surface area contributed by atoms with Crippen molar-refractivity contribution in [3.8, 4) is 0 Å². The fraction of sp³-hybridized carbons (Fsp3) is 0.706. The van der Waals surface area contributed by atoms with E-state index >= 15 is 0 Å². The van der Waals surface area contributed by atoms with E-state index < -0.39 is 41.6 Å². The summed E-state index contributed by atoms with van der Waals surface area (Å²) in [6, 6.07) is 0. The van der Waals surface area contributed by atoms with Crippen LogP contribution in [0.1, 0.15) is 80.1 Å². The second-order valence-corrected chi connectivity index (χ2v) is 14.3. The summed E-state index contributed by atoms with van der Waals surface area (Å²) in [7, 11) is 1.54. The number of aliphatic hydroxyl groups is 2. The Hall–Kier alpha value is -2.30. The van der Waals surface area contributed by atoms with Crippen LogP contribution < -0.4 is 0 Å². The molecule has 1 aliphatic carbocycles. The molecule has 238 valence electrons. The Balaban J connectivity index is 1.54. The first-order chi connectivity index (χ1) is 20.2. The van der Waals surface area contributed by atoms with Crippen LogP contribution in [0, 0.1) is 17.3 Å². The summed E-state index contributed by atoms with van der Waals surface area (Å²) < 4.78 is 25.7. The van der Waals surface area contributed by atoms with Crippen LogP contribution >= 0.6 is 0 Å². The fourth-order valence-corrected chi connectivity index (χ4v) is 7.23. The van der Waals surface area contributed by atoms with Gasteiger partial charge in [-0.15, -0.1) is 0 Å². The van der Waals surface area contributed by atoms with Crippen molar-refractivity contribution in [2.45, 2.75) is 122 Å². The number of hydrogen-bond donors (Lipinski definition) is 2. The fourth-order valence-electron chi connectivity index (χ4n) is 7.23. The minimum atomic E-state index is -1.73. The van der Waals surface area contributed by atoms with Crippen LogP contribution in [0.3, 0.4) is 0 Å². The first kappa shape index (κ1) is 32.1. The lowest BCUT2D eigenvalue weighted by Gasteiger charge is -2.50. The Kier molecular flexibility index (Phi) is 9.14. The molecular weight excluding hydrogens is 550 g/mol. The van der Waals surface area contributed by atoms with Crippen molar-refractivity contribution in [2.24, 2.45) is 22.4 Å². The standard InChI is InChI=1S/C34H49NO8/c1-20-9-8-10-23-19-40-30-29(36)22(3)14-27(34(23,30)38)31(37)41-26-16-25(12-11-21(2)13-20)42-33(18-26)17-24(35-39-7)15-28(43-33)32(4,5)6/h8-11,14,20,25-30,36,38H,12-13,15-19H2,1-7H3/b9-8+,21-11+,23-10+,35-24-/t20-,25+,26-,27-,28-,29+,30+,33+,34+/m0/s1. The van der Waals surface area contributed by atoms with E-state index in [1.54, 1.807) is 20.1 Å². The molecule has 2 N–H and O–H groups in total. The van der Waals surface area contributed by atoms with Gasteiger partial charge in [0.2, 0.25) is 0 Å². The highest BCUT2D eigenvalue weighted by Gasteiger charge is 2.60. The van der Waals surface area contributed by atoms with E-state index in [0.717, 1.165) is 12.1 Å². The highest BCUT2D eigenvalue weighted by Crippen LogP contribution is 2.47. The number of ether oxygens (including phenoxy) is 4. The predicted octanol–water partition coefficient (Wildman–Crippen LogP) is 4.93. The van der Waals surface area contributed by atoms with Crippen LogP contribution in [-0.4, -0.2) is 77.5 Å². The summed E-state index contributed by atoms with van der Waals surface area (Å²) in [5.74, 6) is -2.38. The van der Waals surface area contributed by atoms with E-state index in [2.05, 4.69) is 51.9 Å². The summed E-state index contributed by atoms with van der Waals surface area (Å²) in [6.45, 7) is 12.5. The van der Waals surface area contributed by atoms with Crippen molar-refractivity contribution in [2.75, 3.05) is 13.7 Å². The first-order valence-electron chi connectivity index (χ1n) is 15.6. The van der Waals surface area contributed by atoms with Gasteiger partial charge in [-0.3, -0.25) is 4.79 Å². The number of carbonyl (C=O) groups is 1. The lowest BCUT2D eigenvalue weighted by Crippen LogP contribution is -2.59. The van der Waals surface area contributed by atoms with Crippen molar-refractivity contribution >= 4 is 11.7 Å². The number of aliphatic hydroxyl groups excluding tert-OH is 1. The molecule has 4 aliphatic heterocycles. The number of hydrogen-bond acceptors (Lipinski definition) is 9. The number of allylic oxidation sites excluding steroid dienone is 4. The minimum absolute atomic E-state index is 0.118. The van der Waals surface area contributed by atoms with Crippen LogP contribution in [0.2, 0.25) is 0 Å². The highest BCUT2D eigenvalue weighted by molar-refractivity contribution is 5.86. The molecule has 1 spiro atoms. The molecule has 0 aromatic rings. The molecule has 3 fully saturated rings. The van der Waals surface area contributed by atoms with Gasteiger partial charge in [0.1, 0.15) is 36.9 Å². The molecule has 0 aromatic heterocycles. The topological polar surface area (TPSA) is 116 Å². The van der Waals surface area contributed by atoms with Crippen LogP contribution in [0.5, 0.6) is 0 Å². The molecular formula is C34H49NO8. The molecule has 9 atom stereocenters. The smallest absolute Gasteiger partial charge is 0.316 e. The second kappa shape index (κ2) is 12.2. The van der Waals surface area contributed by atoms with Gasteiger partial charge in [-0.05, 0) is 49.2 Å². The monoisotopic (exact) mass is 599 g/mol. The van der Waals surface area contributed by atoms with Crippen LogP contribution in [-0.2, 0) is 28.6 Å². The van der Waals surface area contributed by atoms with Gasteiger partial charge in [0.05, 0.1) is 24.5 Å². The average Bonchev–Trinajstić information content (AvgIpc) is 3.25. The zero-order valence-electron chi connectivity index (χ0n) is 26.7. The quantitative estimate of drug-likeness (QED) is 0.248. The maximum absolute atomic E-state index is 14.0. The summed E-state index contributed by atoms with van der Waals surface area (Å²) in [4.78, 5) is 19.2. The lowest BCUT2D eigenvalue weighted by molar-refractivity contribution is -0.323. The van der Waals surface area contributed by atoms with E-state index in [1.165, 1.54) is 5.57 Å². The first-order valence-corrected chi connectivity index (χ1v) is 15.6. The van der Waals surface area contributed by atoms with Gasteiger partial charge in [-0.1, -0.05) is 68.8 Å². The average molecular weight is 600 g/mol. The van der Waals surface area contributed by atoms with Gasteiger partial charge >= 0.3 is 5.97 Å². The molecule has 0 aromatic carbocycles. The van der Waals surface area contributed by atoms with Gasteiger partial charge < -0.3 is 34.0 Å². The van der Waals surface area contributed by atoms with Crippen LogP contribution in [0.25, 0.3) is 0 Å². The molecule has 43 heavy (non-hydrogen) atoms. The van der Waals surface area contributed by atoms with E-state index in [4.69, 9.17) is 23.8 Å². The molecule has 5 aliphatic rings. The van der Waals surface area contributed by atoms with E-state index in [9.17, 15) is 15.0 Å². The zero-order valence-corrected chi connectivity index (χ0v) is 26.7. The Morgan fingerprint density at radius 2 is 1.91 bits per heavy atom. The number of nitrogens with zero attached hydrogens (tertiary/aromatic N) is 1. The SMILES string of the molecule is CO/N=C1/C[C@@H](C(C)(C)C)O[C@]2(C1)C[C@@H]1C[C@@H](C/C=C(\C)C[C@@H](C)/C=C/C=C3\CO[C@@H]4[C@H](O)C(C)=C[C@@H](C(=O)O1)[C@]34O)O2. The molecule has 3 saturated heterocycles. The Bertz CT molecular complexity index is 1230. The maximum atomic E-state index is 14.0. The molecule has 4 heterocycles. The molecule has 9 nitrogen and oxygen atoms in total. The van der Waals surface area contributed by atoms with Crippen molar-refractivity contribution in [3.05, 3.63) is 47.1 Å². The third kappa shape index (κ3) is 6.57. The van der Waals surface area contributed by atoms with Gasteiger partial charge in [-0.25, -0.2) is 0 Å². The molecule has 5 rings (SSSR count). The summed E-state index contributed by atoms with van der Waals surface area (Å²) in [5, 5.41) is 27.4. The van der Waals surface area contributed by atoms with Gasteiger partial charge in [0.25, 0.3) is 0 Å². The highest BCUT2D eigenvalue weighted by atomic mass is 16.7. The van der Waals surface area contributed by atoms with Gasteiger partial charge in [0.15, 0.2) is 5.79 Å². The minimum Gasteiger partial charge on any atom is -0.462 e. The van der Waals surface area contributed by atoms with Gasteiger partial charge in [-0.2, -0.15) is 0 Å². The molecule has 0 unspecified atom stereocenters. The summed E-state index contributed by atoms with van der Waals surface area (Å²) in [5.41, 5.74) is 1.30. The maximum Gasteiger partial charge on any atom is 0.316 e. The number of oxime groups is 1. The molecule has 9 heteroatoms. The second-order valence-electron chi connectivity index (χ2n) is 14.3. The Morgan fingerprint density at radius 3 is 2.63 bits per heavy atom. The normalized spacial score (nSPS) is 44.9. The molecule has 0 radical (unpaired) electrons. The lowest BCUT2D eigenvalue weighted by atomic mass is 9.71.